The van der Waals surface area contributed by atoms with Gasteiger partial charge in [0.2, 0.25) is 6.79 Å². The minimum Gasteiger partial charge on any atom is -0.468 e. The van der Waals surface area contributed by atoms with Gasteiger partial charge in [0.1, 0.15) is 12.4 Å². The molecule has 1 aliphatic heterocycles. The zero-order chi connectivity index (χ0) is 19.7. The van der Waals surface area contributed by atoms with Crippen molar-refractivity contribution in [3.63, 3.8) is 0 Å². The molecule has 1 aromatic heterocycles. The Kier molecular flexibility index (Phi) is 4.82. The van der Waals surface area contributed by atoms with Gasteiger partial charge in [-0.15, -0.1) is 0 Å². The molecule has 0 bridgehead atoms. The number of amides is 1. The second-order valence-electron chi connectivity index (χ2n) is 6.03. The number of carbonyl (C=O) groups excluding carboxylic acids is 2. The van der Waals surface area contributed by atoms with Crippen molar-refractivity contribution in [2.45, 2.75) is 13.0 Å². The topological polar surface area (TPSA) is 79.1 Å². The van der Waals surface area contributed by atoms with Crippen molar-refractivity contribution in [3.05, 3.63) is 52.6 Å². The molecule has 2 aromatic carbocycles. The van der Waals surface area contributed by atoms with Crippen LogP contribution in [0.25, 0.3) is 10.2 Å². The molecule has 144 valence electrons. The molecule has 3 aromatic rings. The highest BCUT2D eigenvalue weighted by Crippen LogP contribution is 2.32. The smallest absolute Gasteiger partial charge is 0.325 e. The Morgan fingerprint density at radius 1 is 1.21 bits per heavy atom. The number of nitrogens with zero attached hydrogens (tertiary/aromatic N) is 2. The second kappa shape index (κ2) is 7.43. The number of aromatic nitrogens is 1. The van der Waals surface area contributed by atoms with E-state index in [1.54, 1.807) is 28.8 Å². The number of hydrogen-bond acceptors (Lipinski definition) is 6. The molecule has 0 fully saturated rings. The van der Waals surface area contributed by atoms with E-state index in [9.17, 15) is 14.0 Å². The van der Waals surface area contributed by atoms with E-state index in [4.69, 9.17) is 14.2 Å². The van der Waals surface area contributed by atoms with Crippen molar-refractivity contribution < 1.29 is 28.2 Å². The average Bonchev–Trinajstić information content (AvgIpc) is 3.25. The SMILES string of the molecule is COC(=O)Cn1c(=NC(=O)Cc2ccc3c(c2)OCO3)sc2cc(F)ccc21. The maximum atomic E-state index is 13.6. The fourth-order valence-corrected chi connectivity index (χ4v) is 3.92. The fourth-order valence-electron chi connectivity index (χ4n) is 2.85. The lowest BCUT2D eigenvalue weighted by atomic mass is 10.1. The lowest BCUT2D eigenvalue weighted by molar-refractivity contribution is -0.141. The van der Waals surface area contributed by atoms with Crippen LogP contribution in [0.2, 0.25) is 0 Å². The number of ether oxygens (including phenoxy) is 3. The molecule has 1 aliphatic rings. The predicted molar refractivity (Wildman–Crippen MR) is 98.6 cm³/mol. The molecule has 0 spiro atoms. The standard InChI is InChI=1S/C19H15FN2O5S/c1-25-18(24)9-22-13-4-3-12(20)8-16(13)28-19(22)21-17(23)7-11-2-5-14-15(6-11)27-10-26-14/h2-6,8H,7,9-10H2,1H3. The summed E-state index contributed by atoms with van der Waals surface area (Å²) in [6, 6.07) is 9.43. The van der Waals surface area contributed by atoms with Gasteiger partial charge in [-0.25, -0.2) is 4.39 Å². The van der Waals surface area contributed by atoms with Gasteiger partial charge in [0.15, 0.2) is 16.3 Å². The second-order valence-corrected chi connectivity index (χ2v) is 7.04. The molecule has 0 saturated heterocycles. The molecule has 0 atom stereocenters. The number of benzene rings is 2. The van der Waals surface area contributed by atoms with Crippen molar-refractivity contribution in [2.24, 2.45) is 4.99 Å². The van der Waals surface area contributed by atoms with Crippen LogP contribution in [-0.2, 0) is 27.3 Å². The zero-order valence-corrected chi connectivity index (χ0v) is 15.6. The van der Waals surface area contributed by atoms with Crippen molar-refractivity contribution in [1.82, 2.24) is 4.57 Å². The molecule has 0 aliphatic carbocycles. The van der Waals surface area contributed by atoms with Gasteiger partial charge in [-0.3, -0.25) is 9.59 Å². The van der Waals surface area contributed by atoms with Gasteiger partial charge in [-0.1, -0.05) is 17.4 Å². The van der Waals surface area contributed by atoms with Crippen LogP contribution in [0.4, 0.5) is 4.39 Å². The Morgan fingerprint density at radius 2 is 2.04 bits per heavy atom. The predicted octanol–water partition coefficient (Wildman–Crippen LogP) is 2.41. The molecule has 0 saturated carbocycles. The number of fused-ring (bicyclic) bond motifs is 2. The Bertz CT molecular complexity index is 1150. The van der Waals surface area contributed by atoms with E-state index in [0.717, 1.165) is 16.9 Å². The van der Waals surface area contributed by atoms with Crippen molar-refractivity contribution >= 4 is 33.4 Å². The molecule has 0 unspecified atom stereocenters. The van der Waals surface area contributed by atoms with E-state index in [0.29, 0.717) is 26.5 Å². The first-order valence-electron chi connectivity index (χ1n) is 8.35. The van der Waals surface area contributed by atoms with E-state index in [2.05, 4.69) is 4.99 Å². The summed E-state index contributed by atoms with van der Waals surface area (Å²) >= 11 is 1.13. The molecular weight excluding hydrogens is 387 g/mol. The number of esters is 1. The van der Waals surface area contributed by atoms with E-state index in [-0.39, 0.29) is 19.8 Å². The Morgan fingerprint density at radius 3 is 2.86 bits per heavy atom. The summed E-state index contributed by atoms with van der Waals surface area (Å²) in [5.41, 5.74) is 1.33. The van der Waals surface area contributed by atoms with Crippen LogP contribution in [0.3, 0.4) is 0 Å². The van der Waals surface area contributed by atoms with Crippen LogP contribution in [0, 0.1) is 5.82 Å². The van der Waals surface area contributed by atoms with Crippen LogP contribution in [-0.4, -0.2) is 30.3 Å². The summed E-state index contributed by atoms with van der Waals surface area (Å²) in [7, 11) is 1.28. The van der Waals surface area contributed by atoms with Crippen LogP contribution in [0.15, 0.2) is 41.4 Å². The van der Waals surface area contributed by atoms with E-state index >= 15 is 0 Å². The monoisotopic (exact) mass is 402 g/mol. The number of carbonyl (C=O) groups is 2. The first-order chi connectivity index (χ1) is 13.5. The molecule has 9 heteroatoms. The van der Waals surface area contributed by atoms with Gasteiger partial charge in [0, 0.05) is 0 Å². The number of hydrogen-bond donors (Lipinski definition) is 0. The first kappa shape index (κ1) is 18.2. The molecule has 4 rings (SSSR count). The molecular formula is C19H15FN2O5S. The fraction of sp³-hybridized carbons (Fsp3) is 0.211. The summed E-state index contributed by atoms with van der Waals surface area (Å²) < 4.78 is 31.0. The molecule has 7 nitrogen and oxygen atoms in total. The van der Waals surface area contributed by atoms with Gasteiger partial charge in [-0.2, -0.15) is 4.99 Å². The zero-order valence-electron chi connectivity index (χ0n) is 14.8. The van der Waals surface area contributed by atoms with Gasteiger partial charge in [-0.05, 0) is 35.9 Å². The van der Waals surface area contributed by atoms with E-state index in [1.165, 1.54) is 19.2 Å². The first-order valence-corrected chi connectivity index (χ1v) is 9.17. The highest BCUT2D eigenvalue weighted by atomic mass is 32.1. The molecule has 28 heavy (non-hydrogen) atoms. The lowest BCUT2D eigenvalue weighted by Gasteiger charge is -2.04. The average molecular weight is 402 g/mol. The summed E-state index contributed by atoms with van der Waals surface area (Å²) in [4.78, 5) is 28.7. The number of halogens is 1. The molecule has 0 N–H and O–H groups in total. The van der Waals surface area contributed by atoms with Crippen LogP contribution in [0.1, 0.15) is 5.56 Å². The lowest BCUT2D eigenvalue weighted by Crippen LogP contribution is -2.22. The van der Waals surface area contributed by atoms with Gasteiger partial charge in [0.25, 0.3) is 5.91 Å². The third kappa shape index (κ3) is 3.61. The van der Waals surface area contributed by atoms with Crippen LogP contribution in [0.5, 0.6) is 11.5 Å². The van der Waals surface area contributed by atoms with Gasteiger partial charge < -0.3 is 18.8 Å². The highest BCUT2D eigenvalue weighted by molar-refractivity contribution is 7.16. The summed E-state index contributed by atoms with van der Waals surface area (Å²) in [5.74, 6) is -0.0746. The minimum atomic E-state index is -0.492. The number of thiazole rings is 1. The molecule has 0 radical (unpaired) electrons. The molecule has 2 heterocycles. The van der Waals surface area contributed by atoms with Crippen molar-refractivity contribution in [2.75, 3.05) is 13.9 Å². The van der Waals surface area contributed by atoms with E-state index in [1.807, 2.05) is 0 Å². The van der Waals surface area contributed by atoms with Crippen molar-refractivity contribution in [1.29, 1.82) is 0 Å². The maximum absolute atomic E-state index is 13.6. The van der Waals surface area contributed by atoms with Gasteiger partial charge in [0.05, 0.1) is 23.7 Å². The maximum Gasteiger partial charge on any atom is 0.325 e. The summed E-state index contributed by atoms with van der Waals surface area (Å²) in [6.07, 6.45) is 0.0530. The third-order valence-electron chi connectivity index (χ3n) is 4.17. The van der Waals surface area contributed by atoms with Crippen LogP contribution >= 0.6 is 11.3 Å². The summed E-state index contributed by atoms with van der Waals surface area (Å²) in [6.45, 7) is 0.0290. The summed E-state index contributed by atoms with van der Waals surface area (Å²) in [5, 5.41) is 0. The van der Waals surface area contributed by atoms with Crippen LogP contribution < -0.4 is 14.3 Å². The molecule has 1 amide bonds. The highest BCUT2D eigenvalue weighted by Gasteiger charge is 2.15. The minimum absolute atomic E-state index is 0.0530. The van der Waals surface area contributed by atoms with Crippen molar-refractivity contribution in [3.8, 4) is 11.5 Å². The Balaban J connectivity index is 1.68. The quantitative estimate of drug-likeness (QED) is 0.627. The number of methoxy groups -OCH3 is 1. The third-order valence-corrected chi connectivity index (χ3v) is 5.21. The Hall–Kier alpha value is -3.20. The van der Waals surface area contributed by atoms with Gasteiger partial charge >= 0.3 is 5.97 Å². The normalized spacial score (nSPS) is 13.1. The van der Waals surface area contributed by atoms with E-state index < -0.39 is 17.7 Å². The largest absolute Gasteiger partial charge is 0.468 e. The Labute approximate surface area is 162 Å². The number of rotatable bonds is 4.